The standard InChI is InChI=1S/C7H8N4O4S/c1-2-16-7(14)15-11-4(3-8)5(12)10-6(9)13/h2H2,1H3,(H3,9,10,12,13). The predicted octanol–water partition coefficient (Wildman–Crippen LogP) is -0.0494. The molecule has 0 rings (SSSR count). The second kappa shape index (κ2) is 7.24. The number of hydrogen-bond acceptors (Lipinski definition) is 7. The first kappa shape index (κ1) is 13.9. The molecule has 0 radical (unpaired) electrons. The third kappa shape index (κ3) is 5.61. The van der Waals surface area contributed by atoms with Crippen LogP contribution in [0.3, 0.4) is 0 Å². The van der Waals surface area contributed by atoms with E-state index in [1.54, 1.807) is 12.2 Å². The highest BCUT2D eigenvalue weighted by molar-refractivity contribution is 8.13. The van der Waals surface area contributed by atoms with Gasteiger partial charge in [-0.05, 0) is 11.8 Å². The van der Waals surface area contributed by atoms with Crippen molar-refractivity contribution in [2.24, 2.45) is 10.9 Å². The van der Waals surface area contributed by atoms with Crippen molar-refractivity contribution in [2.75, 3.05) is 5.75 Å². The van der Waals surface area contributed by atoms with Crippen molar-refractivity contribution in [1.82, 2.24) is 5.32 Å². The fourth-order valence-corrected chi connectivity index (χ4v) is 0.837. The van der Waals surface area contributed by atoms with E-state index in [0.29, 0.717) is 5.75 Å². The van der Waals surface area contributed by atoms with E-state index in [4.69, 9.17) is 5.26 Å². The molecule has 0 unspecified atom stereocenters. The van der Waals surface area contributed by atoms with Crippen molar-refractivity contribution in [1.29, 1.82) is 5.26 Å². The summed E-state index contributed by atoms with van der Waals surface area (Å²) in [4.78, 5) is 36.3. The number of thioether (sulfide) groups is 1. The number of primary amides is 1. The summed E-state index contributed by atoms with van der Waals surface area (Å²) in [6.07, 6.45) is 0. The average molecular weight is 244 g/mol. The van der Waals surface area contributed by atoms with Crippen LogP contribution in [0.25, 0.3) is 0 Å². The monoisotopic (exact) mass is 244 g/mol. The Morgan fingerprint density at radius 1 is 1.56 bits per heavy atom. The topological polar surface area (TPSA) is 135 Å². The molecule has 3 N–H and O–H groups in total. The number of carbonyl (C=O) groups excluding carboxylic acids is 3. The second-order valence-corrected chi connectivity index (χ2v) is 3.34. The molecule has 3 amide bonds. The predicted molar refractivity (Wildman–Crippen MR) is 55.4 cm³/mol. The summed E-state index contributed by atoms with van der Waals surface area (Å²) in [6, 6.07) is 0.212. The van der Waals surface area contributed by atoms with E-state index in [2.05, 4.69) is 15.7 Å². The Hall–Kier alpha value is -2.08. The Bertz CT molecular complexity index is 373. The Morgan fingerprint density at radius 3 is 2.62 bits per heavy atom. The van der Waals surface area contributed by atoms with Crippen molar-refractivity contribution >= 4 is 34.7 Å². The lowest BCUT2D eigenvalue weighted by molar-refractivity contribution is -0.113. The number of hydrogen-bond donors (Lipinski definition) is 2. The number of imide groups is 1. The fraction of sp³-hybridized carbons (Fsp3) is 0.286. The molecule has 0 saturated carbocycles. The lowest BCUT2D eigenvalue weighted by atomic mass is 10.4. The highest BCUT2D eigenvalue weighted by Gasteiger charge is 2.14. The molecule has 0 heterocycles. The zero-order chi connectivity index (χ0) is 12.6. The van der Waals surface area contributed by atoms with Crippen LogP contribution in [0.4, 0.5) is 9.59 Å². The van der Waals surface area contributed by atoms with Crippen LogP contribution >= 0.6 is 11.8 Å². The minimum absolute atomic E-state index is 0.462. The van der Waals surface area contributed by atoms with Crippen molar-refractivity contribution in [3.63, 3.8) is 0 Å². The third-order valence-corrected chi connectivity index (χ3v) is 1.63. The zero-order valence-electron chi connectivity index (χ0n) is 8.22. The molecule has 0 aliphatic carbocycles. The second-order valence-electron chi connectivity index (χ2n) is 2.14. The highest BCUT2D eigenvalue weighted by atomic mass is 32.2. The molecule has 0 spiro atoms. The first-order chi connectivity index (χ1) is 7.51. The molecule has 0 bridgehead atoms. The largest absolute Gasteiger partial charge is 0.393 e. The van der Waals surface area contributed by atoms with Gasteiger partial charge < -0.3 is 10.6 Å². The van der Waals surface area contributed by atoms with Gasteiger partial charge in [0.15, 0.2) is 0 Å². The molecule has 0 atom stereocenters. The normalized spacial score (nSPS) is 10.1. The minimum atomic E-state index is -1.14. The number of oxime groups is 1. The third-order valence-electron chi connectivity index (χ3n) is 1.03. The van der Waals surface area contributed by atoms with Crippen LogP contribution in [0.1, 0.15) is 6.92 Å². The number of nitrogens with zero attached hydrogens (tertiary/aromatic N) is 2. The summed E-state index contributed by atoms with van der Waals surface area (Å²) in [7, 11) is 0. The quantitative estimate of drug-likeness (QED) is 0.406. The van der Waals surface area contributed by atoms with Crippen LogP contribution < -0.4 is 11.1 Å². The number of rotatable bonds is 3. The first-order valence-corrected chi connectivity index (χ1v) is 4.92. The van der Waals surface area contributed by atoms with Crippen LogP contribution in [-0.2, 0) is 9.63 Å². The van der Waals surface area contributed by atoms with Gasteiger partial charge >= 0.3 is 11.3 Å². The number of nitrogens with two attached hydrogens (primary N) is 1. The molecule has 16 heavy (non-hydrogen) atoms. The molecule has 9 heteroatoms. The van der Waals surface area contributed by atoms with Gasteiger partial charge in [0, 0.05) is 5.75 Å². The average Bonchev–Trinajstić information content (AvgIpc) is 2.17. The molecule has 0 aromatic rings. The number of carbonyl (C=O) groups is 3. The van der Waals surface area contributed by atoms with Crippen molar-refractivity contribution in [2.45, 2.75) is 6.92 Å². The van der Waals surface area contributed by atoms with Crippen LogP contribution in [-0.4, -0.2) is 28.7 Å². The molecular formula is C7H8N4O4S. The van der Waals surface area contributed by atoms with Gasteiger partial charge in [0.2, 0.25) is 5.71 Å². The summed E-state index contributed by atoms with van der Waals surface area (Å²) in [5.41, 5.74) is 3.87. The Kier molecular flexibility index (Phi) is 6.30. The van der Waals surface area contributed by atoms with E-state index in [1.807, 2.05) is 0 Å². The Morgan fingerprint density at radius 2 is 2.19 bits per heavy atom. The smallest absolute Gasteiger partial charge is 0.351 e. The van der Waals surface area contributed by atoms with Crippen LogP contribution in [0.2, 0.25) is 0 Å². The summed E-state index contributed by atoms with van der Waals surface area (Å²) in [5, 5.41) is 12.3. The van der Waals surface area contributed by atoms with E-state index < -0.39 is 23.0 Å². The maximum atomic E-state index is 11.0. The van der Waals surface area contributed by atoms with E-state index in [1.165, 1.54) is 6.07 Å². The van der Waals surface area contributed by atoms with Gasteiger partial charge in [-0.2, -0.15) is 5.26 Å². The maximum absolute atomic E-state index is 11.0. The summed E-state index contributed by atoms with van der Waals surface area (Å²) < 4.78 is 0. The summed E-state index contributed by atoms with van der Waals surface area (Å²) in [6.45, 7) is 1.71. The van der Waals surface area contributed by atoms with Crippen LogP contribution in [0.15, 0.2) is 5.16 Å². The zero-order valence-corrected chi connectivity index (χ0v) is 9.04. The molecule has 0 aromatic heterocycles. The van der Waals surface area contributed by atoms with E-state index in [-0.39, 0.29) is 0 Å². The molecule has 0 saturated heterocycles. The van der Waals surface area contributed by atoms with Gasteiger partial charge in [0.25, 0.3) is 5.91 Å². The van der Waals surface area contributed by atoms with Crippen LogP contribution in [0.5, 0.6) is 0 Å². The molecule has 8 nitrogen and oxygen atoms in total. The number of amides is 3. The summed E-state index contributed by atoms with van der Waals surface area (Å²) in [5.74, 6) is -0.673. The van der Waals surface area contributed by atoms with E-state index in [0.717, 1.165) is 11.8 Å². The molecule has 0 fully saturated rings. The minimum Gasteiger partial charge on any atom is -0.351 e. The fourth-order valence-electron chi connectivity index (χ4n) is 0.511. The molecular weight excluding hydrogens is 236 g/mol. The van der Waals surface area contributed by atoms with E-state index in [9.17, 15) is 14.4 Å². The van der Waals surface area contributed by atoms with Crippen LogP contribution in [0, 0.1) is 11.3 Å². The van der Waals surface area contributed by atoms with E-state index >= 15 is 0 Å². The Labute approximate surface area is 94.8 Å². The van der Waals surface area contributed by atoms with Gasteiger partial charge in [-0.15, -0.1) is 0 Å². The van der Waals surface area contributed by atoms with Gasteiger partial charge in [-0.25, -0.2) is 9.59 Å². The highest BCUT2D eigenvalue weighted by Crippen LogP contribution is 2.03. The van der Waals surface area contributed by atoms with Gasteiger partial charge in [0.05, 0.1) is 0 Å². The molecule has 0 aliphatic rings. The lowest BCUT2D eigenvalue weighted by Gasteiger charge is -1.97. The first-order valence-electron chi connectivity index (χ1n) is 3.93. The molecule has 0 aromatic carbocycles. The summed E-state index contributed by atoms with van der Waals surface area (Å²) >= 11 is 0.808. The molecule has 86 valence electrons. The number of nitriles is 1. The van der Waals surface area contributed by atoms with Gasteiger partial charge in [0.1, 0.15) is 6.07 Å². The van der Waals surface area contributed by atoms with Gasteiger partial charge in [-0.1, -0.05) is 12.1 Å². The van der Waals surface area contributed by atoms with Crippen molar-refractivity contribution in [3.8, 4) is 6.07 Å². The van der Waals surface area contributed by atoms with Crippen molar-refractivity contribution < 1.29 is 19.2 Å². The maximum Gasteiger partial charge on any atom is 0.393 e. The SMILES string of the molecule is CCSC(=O)ON=C(C#N)C(=O)NC(N)=O. The number of urea groups is 1. The molecule has 0 aliphatic heterocycles. The number of nitrogens with one attached hydrogen (secondary N) is 1. The van der Waals surface area contributed by atoms with Crippen molar-refractivity contribution in [3.05, 3.63) is 0 Å². The Balaban J connectivity index is 4.44. The lowest BCUT2D eigenvalue weighted by Crippen LogP contribution is -2.39. The van der Waals surface area contributed by atoms with Gasteiger partial charge in [-0.3, -0.25) is 10.1 Å².